The molecule has 1 aliphatic heterocycles. The van der Waals surface area contributed by atoms with Crippen molar-refractivity contribution in [2.45, 2.75) is 65.6 Å². The maximum Gasteiger partial charge on any atom is 0.410 e. The zero-order valence-electron chi connectivity index (χ0n) is 15.1. The van der Waals surface area contributed by atoms with Crippen LogP contribution < -0.4 is 5.32 Å². The molecule has 0 atom stereocenters. The smallest absolute Gasteiger partial charge is 0.410 e. The lowest BCUT2D eigenvalue weighted by Gasteiger charge is -2.34. The second-order valence-electron chi connectivity index (χ2n) is 7.49. The number of carbonyl (C=O) groups excluding carboxylic acids is 1. The minimum absolute atomic E-state index is 0.189. The van der Waals surface area contributed by atoms with Crippen LogP contribution in [0.5, 0.6) is 0 Å². The zero-order valence-corrected chi connectivity index (χ0v) is 15.1. The molecular weight excluding hydrogens is 288 g/mol. The van der Waals surface area contributed by atoms with Crippen molar-refractivity contribution in [3.05, 3.63) is 34.9 Å². The molecule has 0 unspecified atom stereocenters. The molecular formula is C19H30N2O2. The molecule has 0 aliphatic carbocycles. The molecule has 1 N–H and O–H groups in total. The van der Waals surface area contributed by atoms with E-state index >= 15 is 0 Å². The Morgan fingerprint density at radius 1 is 1.22 bits per heavy atom. The predicted octanol–water partition coefficient (Wildman–Crippen LogP) is 3.79. The molecule has 1 aliphatic rings. The molecule has 0 radical (unpaired) electrons. The first-order valence-electron chi connectivity index (χ1n) is 8.52. The van der Waals surface area contributed by atoms with Gasteiger partial charge in [-0.3, -0.25) is 0 Å². The molecule has 0 saturated carbocycles. The average Bonchev–Trinajstić information content (AvgIpc) is 2.45. The minimum Gasteiger partial charge on any atom is -0.444 e. The van der Waals surface area contributed by atoms with Crippen LogP contribution in [0.15, 0.2) is 18.2 Å². The molecule has 23 heavy (non-hydrogen) atoms. The molecule has 1 heterocycles. The molecule has 0 spiro atoms. The normalized spacial score (nSPS) is 16.5. The molecule has 0 aromatic heterocycles. The second kappa shape index (κ2) is 7.35. The van der Waals surface area contributed by atoms with Gasteiger partial charge in [0.25, 0.3) is 0 Å². The highest BCUT2D eigenvalue weighted by molar-refractivity contribution is 5.68. The number of hydrogen-bond donors (Lipinski definition) is 1. The molecule has 4 nitrogen and oxygen atoms in total. The third kappa shape index (κ3) is 5.24. The lowest BCUT2D eigenvalue weighted by Crippen LogP contribution is -2.46. The van der Waals surface area contributed by atoms with E-state index in [-0.39, 0.29) is 6.09 Å². The van der Waals surface area contributed by atoms with E-state index < -0.39 is 5.60 Å². The van der Waals surface area contributed by atoms with Crippen molar-refractivity contribution in [2.75, 3.05) is 13.1 Å². The predicted molar refractivity (Wildman–Crippen MR) is 93.6 cm³/mol. The summed E-state index contributed by atoms with van der Waals surface area (Å²) in [6.45, 7) is 12.5. The number of nitrogens with one attached hydrogen (secondary N) is 1. The summed E-state index contributed by atoms with van der Waals surface area (Å²) < 4.78 is 5.44. The van der Waals surface area contributed by atoms with Gasteiger partial charge < -0.3 is 15.0 Å². The molecule has 1 aromatic carbocycles. The SMILES string of the molecule is Cc1cccc(C)c1CNC1CCN(C(=O)OC(C)(C)C)CC1. The number of benzene rings is 1. The fraction of sp³-hybridized carbons (Fsp3) is 0.632. The number of piperidine rings is 1. The summed E-state index contributed by atoms with van der Waals surface area (Å²) in [4.78, 5) is 13.9. The summed E-state index contributed by atoms with van der Waals surface area (Å²) in [5.41, 5.74) is 3.64. The van der Waals surface area contributed by atoms with E-state index in [1.165, 1.54) is 16.7 Å². The Labute approximate surface area is 140 Å². The third-order valence-electron chi connectivity index (χ3n) is 4.36. The van der Waals surface area contributed by atoms with Gasteiger partial charge >= 0.3 is 6.09 Å². The van der Waals surface area contributed by atoms with E-state index in [0.717, 1.165) is 32.5 Å². The van der Waals surface area contributed by atoms with E-state index in [0.29, 0.717) is 6.04 Å². The monoisotopic (exact) mass is 318 g/mol. The van der Waals surface area contributed by atoms with Crippen LogP contribution in [0.3, 0.4) is 0 Å². The molecule has 2 rings (SSSR count). The fourth-order valence-corrected chi connectivity index (χ4v) is 2.97. The molecule has 0 bridgehead atoms. The van der Waals surface area contributed by atoms with Gasteiger partial charge in [-0.25, -0.2) is 4.79 Å². The van der Waals surface area contributed by atoms with Crippen molar-refractivity contribution in [2.24, 2.45) is 0 Å². The van der Waals surface area contributed by atoms with E-state index in [4.69, 9.17) is 4.74 Å². The molecule has 1 fully saturated rings. The summed E-state index contributed by atoms with van der Waals surface area (Å²) in [5.74, 6) is 0. The number of carbonyl (C=O) groups is 1. The Kier molecular flexibility index (Phi) is 5.69. The van der Waals surface area contributed by atoms with Gasteiger partial charge in [-0.1, -0.05) is 18.2 Å². The average molecular weight is 318 g/mol. The Balaban J connectivity index is 1.80. The lowest BCUT2D eigenvalue weighted by molar-refractivity contribution is 0.0198. The Bertz CT molecular complexity index is 521. The Hall–Kier alpha value is -1.55. The summed E-state index contributed by atoms with van der Waals surface area (Å²) in [7, 11) is 0. The standard InChI is InChI=1S/C19H30N2O2/c1-14-7-6-8-15(2)17(14)13-20-16-9-11-21(12-10-16)18(22)23-19(3,4)5/h6-8,16,20H,9-13H2,1-5H3. The number of hydrogen-bond acceptors (Lipinski definition) is 3. The van der Waals surface area contributed by atoms with Gasteiger partial charge in [0.05, 0.1) is 0 Å². The molecule has 1 aromatic rings. The lowest BCUT2D eigenvalue weighted by atomic mass is 10.0. The molecule has 128 valence electrons. The summed E-state index contributed by atoms with van der Waals surface area (Å²) in [6.07, 6.45) is 1.76. The number of likely N-dealkylation sites (tertiary alicyclic amines) is 1. The van der Waals surface area contributed by atoms with Crippen LogP contribution in [0.2, 0.25) is 0 Å². The maximum absolute atomic E-state index is 12.1. The van der Waals surface area contributed by atoms with Gasteiger partial charge in [0.2, 0.25) is 0 Å². The van der Waals surface area contributed by atoms with Gasteiger partial charge in [-0.15, -0.1) is 0 Å². The van der Waals surface area contributed by atoms with Crippen molar-refractivity contribution in [1.82, 2.24) is 10.2 Å². The Morgan fingerprint density at radius 3 is 2.30 bits per heavy atom. The molecule has 1 saturated heterocycles. The van der Waals surface area contributed by atoms with Crippen molar-refractivity contribution < 1.29 is 9.53 Å². The van der Waals surface area contributed by atoms with Crippen LogP contribution in [-0.2, 0) is 11.3 Å². The van der Waals surface area contributed by atoms with E-state index in [2.05, 4.69) is 37.4 Å². The van der Waals surface area contributed by atoms with Crippen molar-refractivity contribution >= 4 is 6.09 Å². The fourth-order valence-electron chi connectivity index (χ4n) is 2.97. The summed E-state index contributed by atoms with van der Waals surface area (Å²) in [6, 6.07) is 6.89. The summed E-state index contributed by atoms with van der Waals surface area (Å²) in [5, 5.41) is 3.65. The van der Waals surface area contributed by atoms with Gasteiger partial charge in [0, 0.05) is 25.7 Å². The van der Waals surface area contributed by atoms with Crippen LogP contribution in [0.25, 0.3) is 0 Å². The Morgan fingerprint density at radius 2 is 1.78 bits per heavy atom. The van der Waals surface area contributed by atoms with Crippen LogP contribution in [0.4, 0.5) is 4.79 Å². The third-order valence-corrected chi connectivity index (χ3v) is 4.36. The number of ether oxygens (including phenoxy) is 1. The number of aryl methyl sites for hydroxylation is 2. The van der Waals surface area contributed by atoms with Gasteiger partial charge in [-0.05, 0) is 64.2 Å². The van der Waals surface area contributed by atoms with Crippen molar-refractivity contribution in [1.29, 1.82) is 0 Å². The van der Waals surface area contributed by atoms with E-state index in [1.54, 1.807) is 0 Å². The number of amides is 1. The summed E-state index contributed by atoms with van der Waals surface area (Å²) >= 11 is 0. The zero-order chi connectivity index (χ0) is 17.0. The molecule has 4 heteroatoms. The van der Waals surface area contributed by atoms with E-state index in [9.17, 15) is 4.79 Å². The maximum atomic E-state index is 12.1. The van der Waals surface area contributed by atoms with Gasteiger partial charge in [0.1, 0.15) is 5.60 Å². The highest BCUT2D eigenvalue weighted by Gasteiger charge is 2.26. The minimum atomic E-state index is -0.422. The quantitative estimate of drug-likeness (QED) is 0.922. The first-order valence-corrected chi connectivity index (χ1v) is 8.52. The second-order valence-corrected chi connectivity index (χ2v) is 7.49. The van der Waals surface area contributed by atoms with Gasteiger partial charge in [0.15, 0.2) is 0 Å². The molecule has 1 amide bonds. The number of rotatable bonds is 3. The van der Waals surface area contributed by atoms with Crippen LogP contribution >= 0.6 is 0 Å². The highest BCUT2D eigenvalue weighted by Crippen LogP contribution is 2.17. The first-order chi connectivity index (χ1) is 10.8. The van der Waals surface area contributed by atoms with Gasteiger partial charge in [-0.2, -0.15) is 0 Å². The number of nitrogens with zero attached hydrogens (tertiary/aromatic N) is 1. The van der Waals surface area contributed by atoms with Crippen LogP contribution in [0.1, 0.15) is 50.3 Å². The largest absolute Gasteiger partial charge is 0.444 e. The first kappa shape index (κ1) is 17.8. The van der Waals surface area contributed by atoms with Crippen molar-refractivity contribution in [3.63, 3.8) is 0 Å². The van der Waals surface area contributed by atoms with E-state index in [1.807, 2.05) is 25.7 Å². The van der Waals surface area contributed by atoms with Crippen LogP contribution in [0, 0.1) is 13.8 Å². The highest BCUT2D eigenvalue weighted by atomic mass is 16.6. The van der Waals surface area contributed by atoms with Crippen molar-refractivity contribution in [3.8, 4) is 0 Å². The topological polar surface area (TPSA) is 41.6 Å². The van der Waals surface area contributed by atoms with Crippen LogP contribution in [-0.4, -0.2) is 35.7 Å².